The molecule has 0 aromatic rings. The Morgan fingerprint density at radius 1 is 1.12 bits per heavy atom. The SMILES string of the molecule is CCC(CC(C(=O)[O-])C(=O)[O-])C(C)(C)C.[Ba+2]. The first kappa shape index (κ1) is 18.9. The topological polar surface area (TPSA) is 80.3 Å². The van der Waals surface area contributed by atoms with Crippen LogP contribution in [-0.4, -0.2) is 60.8 Å². The van der Waals surface area contributed by atoms with Gasteiger partial charge in [0.2, 0.25) is 0 Å². The van der Waals surface area contributed by atoms with Gasteiger partial charge in [-0.05, 0) is 17.8 Å². The summed E-state index contributed by atoms with van der Waals surface area (Å²) in [6.07, 6.45) is 0.811. The number of hydrogen-bond acceptors (Lipinski definition) is 4. The summed E-state index contributed by atoms with van der Waals surface area (Å²) in [4.78, 5) is 21.2. The van der Waals surface area contributed by atoms with Crippen LogP contribution in [-0.2, 0) is 9.59 Å². The molecule has 0 amide bonds. The molecule has 88 valence electrons. The van der Waals surface area contributed by atoms with Crippen LogP contribution in [0.25, 0.3) is 0 Å². The molecule has 1 unspecified atom stereocenters. The average Bonchev–Trinajstić information content (AvgIpc) is 2.01. The molecule has 0 rings (SSSR count). The van der Waals surface area contributed by atoms with E-state index in [1.165, 1.54) is 0 Å². The Morgan fingerprint density at radius 3 is 1.69 bits per heavy atom. The largest absolute Gasteiger partial charge is 2.00 e. The van der Waals surface area contributed by atoms with E-state index in [1.807, 2.05) is 27.7 Å². The van der Waals surface area contributed by atoms with Crippen LogP contribution in [0.3, 0.4) is 0 Å². The van der Waals surface area contributed by atoms with Crippen LogP contribution in [0.5, 0.6) is 0 Å². The predicted octanol–water partition coefficient (Wildman–Crippen LogP) is -0.816. The van der Waals surface area contributed by atoms with Crippen LogP contribution in [0.4, 0.5) is 0 Å². The Morgan fingerprint density at radius 2 is 1.50 bits per heavy atom. The molecule has 0 aromatic carbocycles. The predicted molar refractivity (Wildman–Crippen MR) is 57.1 cm³/mol. The van der Waals surface area contributed by atoms with E-state index in [1.54, 1.807) is 0 Å². The maximum absolute atomic E-state index is 10.6. The van der Waals surface area contributed by atoms with Crippen molar-refractivity contribution in [3.8, 4) is 0 Å². The second-order valence-corrected chi connectivity index (χ2v) is 4.90. The van der Waals surface area contributed by atoms with Gasteiger partial charge < -0.3 is 19.8 Å². The number of hydrogen-bond donors (Lipinski definition) is 0. The van der Waals surface area contributed by atoms with Gasteiger partial charge in [0.15, 0.2) is 0 Å². The van der Waals surface area contributed by atoms with Crippen molar-refractivity contribution in [1.29, 1.82) is 0 Å². The first-order valence-electron chi connectivity index (χ1n) is 5.11. The Balaban J connectivity index is 0. The van der Waals surface area contributed by atoms with Gasteiger partial charge in [0, 0.05) is 5.92 Å². The number of carbonyl (C=O) groups excluding carboxylic acids is 2. The van der Waals surface area contributed by atoms with Gasteiger partial charge in [-0.2, -0.15) is 0 Å². The fourth-order valence-electron chi connectivity index (χ4n) is 1.71. The van der Waals surface area contributed by atoms with E-state index < -0.39 is 17.9 Å². The smallest absolute Gasteiger partial charge is 0.549 e. The molecule has 0 heterocycles. The standard InChI is InChI=1S/C11H20O4.Ba/c1-5-7(11(2,3)4)6-8(9(12)13)10(14)15;/h7-8H,5-6H2,1-4H3,(H,12,13)(H,14,15);/q;+2/p-2. The minimum Gasteiger partial charge on any atom is -0.549 e. The molecule has 1 atom stereocenters. The average molecular weight is 352 g/mol. The van der Waals surface area contributed by atoms with Crippen LogP contribution in [0.1, 0.15) is 40.5 Å². The number of carboxylic acid groups (broad SMARTS) is 2. The van der Waals surface area contributed by atoms with Gasteiger partial charge in [0.25, 0.3) is 0 Å². The Bertz CT molecular complexity index is 231. The molecular weight excluding hydrogens is 333 g/mol. The zero-order chi connectivity index (χ0) is 12.2. The van der Waals surface area contributed by atoms with Crippen molar-refractivity contribution in [3.05, 3.63) is 0 Å². The number of carboxylic acids is 2. The molecule has 0 radical (unpaired) electrons. The van der Waals surface area contributed by atoms with Gasteiger partial charge in [-0.15, -0.1) is 0 Å². The molecule has 0 aliphatic carbocycles. The van der Waals surface area contributed by atoms with Crippen LogP contribution < -0.4 is 10.2 Å². The van der Waals surface area contributed by atoms with E-state index in [4.69, 9.17) is 0 Å². The van der Waals surface area contributed by atoms with Crippen LogP contribution in [0.2, 0.25) is 0 Å². The summed E-state index contributed by atoms with van der Waals surface area (Å²) in [6.45, 7) is 7.80. The molecule has 0 aliphatic heterocycles. The minimum atomic E-state index is -1.56. The van der Waals surface area contributed by atoms with Gasteiger partial charge in [-0.1, -0.05) is 34.1 Å². The van der Waals surface area contributed by atoms with E-state index in [2.05, 4.69) is 0 Å². The fraction of sp³-hybridized carbons (Fsp3) is 0.818. The number of aliphatic carboxylic acids is 2. The first-order valence-corrected chi connectivity index (χ1v) is 5.11. The van der Waals surface area contributed by atoms with E-state index in [0.717, 1.165) is 6.42 Å². The quantitative estimate of drug-likeness (QED) is 0.479. The van der Waals surface area contributed by atoms with Gasteiger partial charge in [0.1, 0.15) is 0 Å². The molecule has 0 saturated carbocycles. The minimum absolute atomic E-state index is 0. The van der Waals surface area contributed by atoms with E-state index in [-0.39, 0.29) is 66.6 Å². The van der Waals surface area contributed by atoms with Crippen molar-refractivity contribution in [3.63, 3.8) is 0 Å². The Labute approximate surface area is 137 Å². The molecule has 0 spiro atoms. The van der Waals surface area contributed by atoms with Crippen molar-refractivity contribution in [2.75, 3.05) is 0 Å². The Kier molecular flexibility index (Phi) is 9.15. The summed E-state index contributed by atoms with van der Waals surface area (Å²) in [5, 5.41) is 21.2. The van der Waals surface area contributed by atoms with Crippen molar-refractivity contribution in [1.82, 2.24) is 0 Å². The summed E-state index contributed by atoms with van der Waals surface area (Å²) in [5.41, 5.74) is -0.113. The van der Waals surface area contributed by atoms with E-state index >= 15 is 0 Å². The third-order valence-corrected chi connectivity index (χ3v) is 2.81. The maximum Gasteiger partial charge on any atom is 2.00 e. The van der Waals surface area contributed by atoms with Crippen molar-refractivity contribution < 1.29 is 19.8 Å². The van der Waals surface area contributed by atoms with E-state index in [0.29, 0.717) is 0 Å². The monoisotopic (exact) mass is 352 g/mol. The molecule has 0 aliphatic rings. The fourth-order valence-corrected chi connectivity index (χ4v) is 1.71. The van der Waals surface area contributed by atoms with Crippen molar-refractivity contribution in [2.24, 2.45) is 17.3 Å². The second kappa shape index (κ2) is 7.76. The van der Waals surface area contributed by atoms with Crippen LogP contribution >= 0.6 is 0 Å². The third kappa shape index (κ3) is 6.30. The molecule has 0 saturated heterocycles. The molecular formula is C11H18BaO4. The molecule has 16 heavy (non-hydrogen) atoms. The molecule has 0 fully saturated rings. The maximum atomic E-state index is 10.6. The van der Waals surface area contributed by atoms with Crippen LogP contribution in [0.15, 0.2) is 0 Å². The van der Waals surface area contributed by atoms with E-state index in [9.17, 15) is 19.8 Å². The second-order valence-electron chi connectivity index (χ2n) is 4.90. The third-order valence-electron chi connectivity index (χ3n) is 2.81. The molecule has 0 N–H and O–H groups in total. The van der Waals surface area contributed by atoms with Crippen molar-refractivity contribution >= 4 is 60.8 Å². The van der Waals surface area contributed by atoms with Gasteiger partial charge in [0.05, 0.1) is 11.9 Å². The van der Waals surface area contributed by atoms with Gasteiger partial charge in [-0.3, -0.25) is 0 Å². The zero-order valence-corrected chi connectivity index (χ0v) is 14.8. The normalized spacial score (nSPS) is 13.1. The summed E-state index contributed by atoms with van der Waals surface area (Å²) >= 11 is 0. The molecule has 0 bridgehead atoms. The summed E-state index contributed by atoms with van der Waals surface area (Å²) in [5.74, 6) is -4.59. The Hall–Kier alpha value is 0.511. The zero-order valence-electron chi connectivity index (χ0n) is 10.4. The summed E-state index contributed by atoms with van der Waals surface area (Å²) in [7, 11) is 0. The summed E-state index contributed by atoms with van der Waals surface area (Å²) < 4.78 is 0. The van der Waals surface area contributed by atoms with Gasteiger partial charge >= 0.3 is 48.9 Å². The first-order chi connectivity index (χ1) is 6.70. The van der Waals surface area contributed by atoms with Crippen LogP contribution in [0, 0.1) is 17.3 Å². The molecule has 5 heteroatoms. The molecule has 0 aromatic heterocycles. The molecule has 4 nitrogen and oxygen atoms in total. The van der Waals surface area contributed by atoms with Gasteiger partial charge in [-0.25, -0.2) is 0 Å². The summed E-state index contributed by atoms with van der Waals surface area (Å²) in [6, 6.07) is 0. The van der Waals surface area contributed by atoms with Crippen molar-refractivity contribution in [2.45, 2.75) is 40.5 Å². The number of carbonyl (C=O) groups is 2. The number of rotatable bonds is 5.